The van der Waals surface area contributed by atoms with Gasteiger partial charge in [0.15, 0.2) is 12.4 Å². The number of aliphatic hydroxyl groups excluding tert-OH is 1. The summed E-state index contributed by atoms with van der Waals surface area (Å²) in [5.74, 6) is 0.329. The van der Waals surface area contributed by atoms with Crippen LogP contribution in [-0.4, -0.2) is 53.3 Å². The molecule has 2 heterocycles. The highest BCUT2D eigenvalue weighted by molar-refractivity contribution is 7.99. The van der Waals surface area contributed by atoms with Crippen molar-refractivity contribution >= 4 is 17.7 Å². The molecule has 7 heteroatoms. The summed E-state index contributed by atoms with van der Waals surface area (Å²) < 4.78 is 23.0. The normalized spacial score (nSPS) is 36.0. The van der Waals surface area contributed by atoms with E-state index < -0.39 is 42.1 Å². The molecule has 6 atom stereocenters. The molecule has 0 bridgehead atoms. The minimum Gasteiger partial charge on any atom is -0.456 e. The van der Waals surface area contributed by atoms with Gasteiger partial charge in [-0.3, -0.25) is 4.79 Å². The Hall–Kier alpha value is -1.12. The van der Waals surface area contributed by atoms with E-state index in [4.69, 9.17) is 18.9 Å². The maximum atomic E-state index is 11.4. The van der Waals surface area contributed by atoms with Crippen molar-refractivity contribution in [2.45, 2.75) is 50.0 Å². The van der Waals surface area contributed by atoms with Crippen LogP contribution < -0.4 is 0 Å². The van der Waals surface area contributed by atoms with Crippen LogP contribution in [0.15, 0.2) is 30.3 Å². The lowest BCUT2D eigenvalue weighted by atomic mass is 9.98. The predicted molar refractivity (Wildman–Crippen MR) is 88.4 cm³/mol. The Kier molecular flexibility index (Phi) is 5.78. The largest absolute Gasteiger partial charge is 0.456 e. The fourth-order valence-corrected chi connectivity index (χ4v) is 3.92. The lowest BCUT2D eigenvalue weighted by Crippen LogP contribution is -2.61. The van der Waals surface area contributed by atoms with Crippen LogP contribution in [0.5, 0.6) is 0 Å². The van der Waals surface area contributed by atoms with E-state index in [1.165, 1.54) is 18.7 Å². The summed E-state index contributed by atoms with van der Waals surface area (Å²) in [6, 6.07) is 9.52. The average Bonchev–Trinajstić information content (AvgIpc) is 2.59. The molecule has 2 aliphatic rings. The van der Waals surface area contributed by atoms with E-state index in [0.29, 0.717) is 6.61 Å². The van der Waals surface area contributed by atoms with Crippen molar-refractivity contribution < 1.29 is 28.8 Å². The highest BCUT2D eigenvalue weighted by Gasteiger charge is 2.50. The van der Waals surface area contributed by atoms with Gasteiger partial charge in [-0.15, -0.1) is 11.8 Å². The molecule has 0 aliphatic carbocycles. The van der Waals surface area contributed by atoms with Gasteiger partial charge in [0.25, 0.3) is 0 Å². The third-order valence-corrected chi connectivity index (χ3v) is 5.06. The standard InChI is InChI=1S/C17H22O6S/c1-3-24-17-15(21-10(2)18)13(19)14-12(22-17)9-20-16(23-14)11-7-5-4-6-8-11/h4-8,12-17,19H,3,9H2,1-2H3/t12-,13+,14-,15-,16-,17-/m1/s1. The molecule has 2 fully saturated rings. The first-order chi connectivity index (χ1) is 11.6. The number of ether oxygens (including phenoxy) is 4. The Labute approximate surface area is 145 Å². The Morgan fingerprint density at radius 3 is 2.75 bits per heavy atom. The second-order valence-electron chi connectivity index (χ2n) is 5.74. The van der Waals surface area contributed by atoms with E-state index in [1.54, 1.807) is 0 Å². The van der Waals surface area contributed by atoms with Crippen molar-refractivity contribution in [1.82, 2.24) is 0 Å². The summed E-state index contributed by atoms with van der Waals surface area (Å²) in [7, 11) is 0. The SMILES string of the molecule is CCS[C@H]1O[C@@H]2CO[C@@H](c3ccccc3)O[C@H]2[C@H](O)[C@H]1OC(C)=O. The molecule has 24 heavy (non-hydrogen) atoms. The van der Waals surface area contributed by atoms with Gasteiger partial charge < -0.3 is 24.1 Å². The van der Waals surface area contributed by atoms with Crippen molar-refractivity contribution in [3.8, 4) is 0 Å². The topological polar surface area (TPSA) is 74.2 Å². The number of hydrogen-bond donors (Lipinski definition) is 1. The minimum atomic E-state index is -0.966. The van der Waals surface area contributed by atoms with E-state index in [2.05, 4.69) is 0 Å². The molecule has 0 radical (unpaired) electrons. The van der Waals surface area contributed by atoms with Crippen molar-refractivity contribution in [1.29, 1.82) is 0 Å². The molecular weight excluding hydrogens is 332 g/mol. The first kappa shape index (κ1) is 17.7. The number of fused-ring (bicyclic) bond motifs is 1. The van der Waals surface area contributed by atoms with Crippen molar-refractivity contribution in [2.75, 3.05) is 12.4 Å². The molecule has 1 N–H and O–H groups in total. The summed E-state index contributed by atoms with van der Waals surface area (Å²) in [4.78, 5) is 11.4. The maximum absolute atomic E-state index is 11.4. The fourth-order valence-electron chi connectivity index (χ4n) is 2.96. The molecule has 1 aromatic rings. The summed E-state index contributed by atoms with van der Waals surface area (Å²) in [6.07, 6.45) is -3.30. The summed E-state index contributed by atoms with van der Waals surface area (Å²) in [6.45, 7) is 3.62. The average molecular weight is 354 g/mol. The quantitative estimate of drug-likeness (QED) is 0.828. The number of carbonyl (C=O) groups excluding carboxylic acids is 1. The smallest absolute Gasteiger partial charge is 0.303 e. The van der Waals surface area contributed by atoms with Gasteiger partial charge in [0.05, 0.1) is 6.61 Å². The number of aliphatic hydroxyl groups is 1. The van der Waals surface area contributed by atoms with Gasteiger partial charge in [0.1, 0.15) is 23.7 Å². The maximum Gasteiger partial charge on any atom is 0.303 e. The molecule has 0 amide bonds. The molecular formula is C17H22O6S. The molecule has 6 nitrogen and oxygen atoms in total. The minimum absolute atomic E-state index is 0.314. The lowest BCUT2D eigenvalue weighted by Gasteiger charge is -2.47. The van der Waals surface area contributed by atoms with Crippen LogP contribution in [-0.2, 0) is 23.7 Å². The van der Waals surface area contributed by atoms with Gasteiger partial charge in [0, 0.05) is 12.5 Å². The molecule has 3 rings (SSSR count). The number of hydrogen-bond acceptors (Lipinski definition) is 7. The third kappa shape index (κ3) is 3.75. The van der Waals surface area contributed by atoms with E-state index in [0.717, 1.165) is 11.3 Å². The van der Waals surface area contributed by atoms with E-state index >= 15 is 0 Å². The second-order valence-corrected chi connectivity index (χ2v) is 7.11. The summed E-state index contributed by atoms with van der Waals surface area (Å²) in [5, 5.41) is 10.7. The van der Waals surface area contributed by atoms with Crippen molar-refractivity contribution in [3.05, 3.63) is 35.9 Å². The Balaban J connectivity index is 1.76. The lowest BCUT2D eigenvalue weighted by molar-refractivity contribution is -0.319. The Bertz CT molecular complexity index is 553. The van der Waals surface area contributed by atoms with Gasteiger partial charge in [-0.25, -0.2) is 0 Å². The first-order valence-corrected chi connectivity index (χ1v) is 9.09. The molecule has 0 aromatic heterocycles. The van der Waals surface area contributed by atoms with Gasteiger partial charge in [0.2, 0.25) is 0 Å². The molecule has 0 spiro atoms. The van der Waals surface area contributed by atoms with Crippen LogP contribution in [0.1, 0.15) is 25.7 Å². The number of esters is 1. The van der Waals surface area contributed by atoms with E-state index in [1.807, 2.05) is 37.3 Å². The molecule has 132 valence electrons. The third-order valence-electron chi connectivity index (χ3n) is 4.01. The molecule has 1 aromatic carbocycles. The Morgan fingerprint density at radius 2 is 2.08 bits per heavy atom. The van der Waals surface area contributed by atoms with Crippen LogP contribution in [0, 0.1) is 0 Å². The van der Waals surface area contributed by atoms with Crippen LogP contribution in [0.2, 0.25) is 0 Å². The fraction of sp³-hybridized carbons (Fsp3) is 0.588. The second kappa shape index (κ2) is 7.84. The van der Waals surface area contributed by atoms with Gasteiger partial charge in [-0.05, 0) is 5.75 Å². The highest BCUT2D eigenvalue weighted by Crippen LogP contribution is 2.37. The van der Waals surface area contributed by atoms with E-state index in [-0.39, 0.29) is 0 Å². The first-order valence-electron chi connectivity index (χ1n) is 8.04. The Morgan fingerprint density at radius 1 is 1.33 bits per heavy atom. The monoisotopic (exact) mass is 354 g/mol. The molecule has 0 unspecified atom stereocenters. The molecule has 2 aliphatic heterocycles. The number of benzene rings is 1. The highest BCUT2D eigenvalue weighted by atomic mass is 32.2. The molecule has 2 saturated heterocycles. The number of rotatable bonds is 4. The van der Waals surface area contributed by atoms with Crippen molar-refractivity contribution in [2.24, 2.45) is 0 Å². The summed E-state index contributed by atoms with van der Waals surface area (Å²) >= 11 is 1.49. The zero-order chi connectivity index (χ0) is 17.1. The van der Waals surface area contributed by atoms with Crippen LogP contribution in [0.4, 0.5) is 0 Å². The van der Waals surface area contributed by atoms with Gasteiger partial charge in [-0.2, -0.15) is 0 Å². The zero-order valence-corrected chi connectivity index (χ0v) is 14.5. The van der Waals surface area contributed by atoms with E-state index in [9.17, 15) is 9.90 Å². The van der Waals surface area contributed by atoms with Gasteiger partial charge in [-0.1, -0.05) is 37.3 Å². The van der Waals surface area contributed by atoms with Crippen molar-refractivity contribution in [3.63, 3.8) is 0 Å². The van der Waals surface area contributed by atoms with Crippen LogP contribution >= 0.6 is 11.8 Å². The summed E-state index contributed by atoms with van der Waals surface area (Å²) in [5.41, 5.74) is 0.438. The number of thioether (sulfide) groups is 1. The van der Waals surface area contributed by atoms with Gasteiger partial charge >= 0.3 is 5.97 Å². The number of carbonyl (C=O) groups is 1. The van der Waals surface area contributed by atoms with Crippen LogP contribution in [0.3, 0.4) is 0 Å². The van der Waals surface area contributed by atoms with Crippen LogP contribution in [0.25, 0.3) is 0 Å². The molecule has 0 saturated carbocycles. The zero-order valence-electron chi connectivity index (χ0n) is 13.7. The predicted octanol–water partition coefficient (Wildman–Crippen LogP) is 1.87.